The molecule has 0 heterocycles. The second-order valence-corrected chi connectivity index (χ2v) is 12.2. The van der Waals surface area contributed by atoms with Gasteiger partial charge in [-0.15, -0.1) is 0 Å². The summed E-state index contributed by atoms with van der Waals surface area (Å²) in [4.78, 5) is 22.9. The van der Waals surface area contributed by atoms with Crippen molar-refractivity contribution in [2.45, 2.75) is 219 Å². The Balaban J connectivity index is 3.75. The molecule has 39 heavy (non-hydrogen) atoms. The number of carbonyl (C=O) groups excluding carboxylic acids is 2. The number of esters is 1. The van der Waals surface area contributed by atoms with Crippen molar-refractivity contribution >= 4 is 12.3 Å². The number of unbranched alkanes of at least 4 members (excludes halogenated alkanes) is 25. The SMILES string of the molecule is CCCCCCCCCCCCCCCCCC(=O)OC(CCCCCC)CCCCCCCCCCC=O. The van der Waals surface area contributed by atoms with E-state index in [1.165, 1.54) is 161 Å². The van der Waals surface area contributed by atoms with Gasteiger partial charge in [0.05, 0.1) is 0 Å². The lowest BCUT2D eigenvalue weighted by Gasteiger charge is -2.18. The van der Waals surface area contributed by atoms with E-state index in [1.54, 1.807) is 0 Å². The Morgan fingerprint density at radius 1 is 0.487 bits per heavy atom. The van der Waals surface area contributed by atoms with Gasteiger partial charge in [-0.3, -0.25) is 4.79 Å². The van der Waals surface area contributed by atoms with Crippen LogP contribution in [0.4, 0.5) is 0 Å². The molecule has 0 fully saturated rings. The first-order chi connectivity index (χ1) is 19.2. The third kappa shape index (κ3) is 31.5. The van der Waals surface area contributed by atoms with Gasteiger partial charge in [-0.2, -0.15) is 0 Å². The van der Waals surface area contributed by atoms with E-state index in [0.717, 1.165) is 38.4 Å². The maximum atomic E-state index is 12.5. The lowest BCUT2D eigenvalue weighted by molar-refractivity contribution is -0.150. The van der Waals surface area contributed by atoms with Crippen molar-refractivity contribution in [3.8, 4) is 0 Å². The Kier molecular flexibility index (Phi) is 32.6. The summed E-state index contributed by atoms with van der Waals surface area (Å²) in [6.45, 7) is 4.53. The highest BCUT2D eigenvalue weighted by molar-refractivity contribution is 5.69. The number of hydrogen-bond donors (Lipinski definition) is 0. The van der Waals surface area contributed by atoms with E-state index in [1.807, 2.05) is 0 Å². The average molecular weight is 551 g/mol. The molecule has 0 bridgehead atoms. The highest BCUT2D eigenvalue weighted by Crippen LogP contribution is 2.18. The van der Waals surface area contributed by atoms with E-state index in [2.05, 4.69) is 13.8 Å². The summed E-state index contributed by atoms with van der Waals surface area (Å²) in [7, 11) is 0. The minimum Gasteiger partial charge on any atom is -0.462 e. The summed E-state index contributed by atoms with van der Waals surface area (Å²) < 4.78 is 5.97. The van der Waals surface area contributed by atoms with Gasteiger partial charge in [-0.1, -0.05) is 162 Å². The van der Waals surface area contributed by atoms with Gasteiger partial charge in [-0.25, -0.2) is 0 Å². The van der Waals surface area contributed by atoms with Crippen LogP contribution in [0.5, 0.6) is 0 Å². The molecule has 0 radical (unpaired) electrons. The van der Waals surface area contributed by atoms with Crippen LogP contribution >= 0.6 is 0 Å². The van der Waals surface area contributed by atoms with Crippen molar-refractivity contribution in [1.82, 2.24) is 0 Å². The van der Waals surface area contributed by atoms with Crippen LogP contribution in [0.25, 0.3) is 0 Å². The molecule has 0 aromatic rings. The molecule has 0 amide bonds. The van der Waals surface area contributed by atoms with Gasteiger partial charge in [0, 0.05) is 12.8 Å². The molecule has 1 unspecified atom stereocenters. The van der Waals surface area contributed by atoms with Gasteiger partial charge in [0.25, 0.3) is 0 Å². The van der Waals surface area contributed by atoms with Crippen molar-refractivity contribution in [1.29, 1.82) is 0 Å². The molecule has 0 aliphatic heterocycles. The van der Waals surface area contributed by atoms with Gasteiger partial charge >= 0.3 is 5.97 Å². The summed E-state index contributed by atoms with van der Waals surface area (Å²) >= 11 is 0. The van der Waals surface area contributed by atoms with Gasteiger partial charge in [-0.05, 0) is 38.5 Å². The Labute approximate surface area is 245 Å². The Morgan fingerprint density at radius 3 is 1.23 bits per heavy atom. The van der Waals surface area contributed by atoms with E-state index < -0.39 is 0 Å². The quantitative estimate of drug-likeness (QED) is 0.0463. The molecule has 0 N–H and O–H groups in total. The molecule has 0 aliphatic rings. The molecule has 0 spiro atoms. The minimum atomic E-state index is 0.0421. The highest BCUT2D eigenvalue weighted by atomic mass is 16.5. The molecular formula is C36H70O3. The third-order valence-electron chi connectivity index (χ3n) is 8.26. The fourth-order valence-corrected chi connectivity index (χ4v) is 5.61. The van der Waals surface area contributed by atoms with Gasteiger partial charge < -0.3 is 9.53 Å². The molecule has 0 saturated carbocycles. The van der Waals surface area contributed by atoms with E-state index in [9.17, 15) is 9.59 Å². The van der Waals surface area contributed by atoms with Crippen LogP contribution < -0.4 is 0 Å². The van der Waals surface area contributed by atoms with Crippen LogP contribution in [0.15, 0.2) is 0 Å². The zero-order chi connectivity index (χ0) is 28.5. The summed E-state index contributed by atoms with van der Waals surface area (Å²) in [6, 6.07) is 0. The van der Waals surface area contributed by atoms with Crippen molar-refractivity contribution in [3.05, 3.63) is 0 Å². The summed E-state index contributed by atoms with van der Waals surface area (Å²) in [5, 5.41) is 0. The lowest BCUT2D eigenvalue weighted by Crippen LogP contribution is -2.18. The predicted octanol–water partition coefficient (Wildman–Crippen LogP) is 12.2. The lowest BCUT2D eigenvalue weighted by atomic mass is 10.0. The van der Waals surface area contributed by atoms with Crippen LogP contribution in [0.2, 0.25) is 0 Å². The van der Waals surface area contributed by atoms with E-state index in [-0.39, 0.29) is 12.1 Å². The highest BCUT2D eigenvalue weighted by Gasteiger charge is 2.14. The normalized spacial score (nSPS) is 12.1. The molecule has 0 aromatic carbocycles. The maximum Gasteiger partial charge on any atom is 0.306 e. The largest absolute Gasteiger partial charge is 0.462 e. The number of aldehydes is 1. The molecule has 3 nitrogen and oxygen atoms in total. The Bertz CT molecular complexity index is 490. The number of ether oxygens (including phenoxy) is 1. The fourth-order valence-electron chi connectivity index (χ4n) is 5.61. The van der Waals surface area contributed by atoms with Crippen molar-refractivity contribution < 1.29 is 14.3 Å². The Hall–Kier alpha value is -0.860. The molecule has 0 aromatic heterocycles. The monoisotopic (exact) mass is 551 g/mol. The second-order valence-electron chi connectivity index (χ2n) is 12.2. The van der Waals surface area contributed by atoms with Gasteiger partial charge in [0.15, 0.2) is 0 Å². The van der Waals surface area contributed by atoms with Crippen LogP contribution in [0.1, 0.15) is 213 Å². The molecule has 0 aliphatic carbocycles. The number of carbonyl (C=O) groups is 2. The predicted molar refractivity (Wildman–Crippen MR) is 170 cm³/mol. The van der Waals surface area contributed by atoms with Crippen molar-refractivity contribution in [2.75, 3.05) is 0 Å². The van der Waals surface area contributed by atoms with Crippen LogP contribution in [-0.2, 0) is 14.3 Å². The van der Waals surface area contributed by atoms with E-state index in [4.69, 9.17) is 4.74 Å². The third-order valence-corrected chi connectivity index (χ3v) is 8.26. The standard InChI is InChI=1S/C36H70O3/c1-3-5-7-9-10-11-12-13-14-15-16-19-22-25-29-33-36(38)39-35(31-27-8-6-4-2)32-28-24-21-18-17-20-23-26-30-34-37/h34-35H,3-33H2,1-2H3. The molecule has 1 atom stereocenters. The van der Waals surface area contributed by atoms with Crippen LogP contribution in [0.3, 0.4) is 0 Å². The summed E-state index contributed by atoms with van der Waals surface area (Å²) in [5.74, 6) is 0.0421. The second kappa shape index (κ2) is 33.3. The fraction of sp³-hybridized carbons (Fsp3) is 0.944. The first-order valence-corrected chi connectivity index (χ1v) is 17.9. The van der Waals surface area contributed by atoms with E-state index in [0.29, 0.717) is 6.42 Å². The smallest absolute Gasteiger partial charge is 0.306 e. The molecule has 232 valence electrons. The number of rotatable bonds is 33. The Morgan fingerprint density at radius 2 is 0.821 bits per heavy atom. The minimum absolute atomic E-state index is 0.0421. The van der Waals surface area contributed by atoms with Gasteiger partial charge in [0.1, 0.15) is 12.4 Å². The number of hydrogen-bond acceptors (Lipinski definition) is 3. The van der Waals surface area contributed by atoms with Crippen molar-refractivity contribution in [2.24, 2.45) is 0 Å². The van der Waals surface area contributed by atoms with Crippen molar-refractivity contribution in [3.63, 3.8) is 0 Å². The first kappa shape index (κ1) is 38.1. The van der Waals surface area contributed by atoms with Gasteiger partial charge in [0.2, 0.25) is 0 Å². The molecule has 0 rings (SSSR count). The molecular weight excluding hydrogens is 480 g/mol. The average Bonchev–Trinajstić information content (AvgIpc) is 2.94. The van der Waals surface area contributed by atoms with Crippen LogP contribution in [0, 0.1) is 0 Å². The summed E-state index contributed by atoms with van der Waals surface area (Å²) in [6.07, 6.45) is 39.6. The molecule has 0 saturated heterocycles. The first-order valence-electron chi connectivity index (χ1n) is 17.9. The maximum absolute atomic E-state index is 12.5. The zero-order valence-corrected chi connectivity index (χ0v) is 26.8. The zero-order valence-electron chi connectivity index (χ0n) is 26.8. The van der Waals surface area contributed by atoms with Crippen LogP contribution in [-0.4, -0.2) is 18.4 Å². The summed E-state index contributed by atoms with van der Waals surface area (Å²) in [5.41, 5.74) is 0. The topological polar surface area (TPSA) is 43.4 Å². The van der Waals surface area contributed by atoms with E-state index >= 15 is 0 Å². The molecule has 3 heteroatoms.